The number of ether oxygens (including phenoxy) is 2. The fourth-order valence-electron chi connectivity index (χ4n) is 5.48. The standard InChI is InChI=1S/C32H39N3O4/c1-23-30(21-35-18-16-34(17-19-35)20-25-6-4-3-5-7-25)38-32(28-12-14-29(15-13-28)33-24(2)37)39-31(23)27-10-8-26(22-36)9-11-27/h3-15,23,30-32,36H,16-22H2,1-2H3,(H,33,37). The van der Waals surface area contributed by atoms with Crippen LogP contribution in [0.5, 0.6) is 0 Å². The van der Waals surface area contributed by atoms with Gasteiger partial charge in [-0.15, -0.1) is 0 Å². The van der Waals surface area contributed by atoms with E-state index in [4.69, 9.17) is 9.47 Å². The van der Waals surface area contributed by atoms with Gasteiger partial charge in [-0.05, 0) is 28.8 Å². The quantitative estimate of drug-likeness (QED) is 0.439. The second-order valence-electron chi connectivity index (χ2n) is 10.7. The summed E-state index contributed by atoms with van der Waals surface area (Å²) in [6, 6.07) is 26.4. The van der Waals surface area contributed by atoms with Crippen LogP contribution in [-0.2, 0) is 27.4 Å². The molecular weight excluding hydrogens is 490 g/mol. The number of hydrogen-bond acceptors (Lipinski definition) is 6. The minimum Gasteiger partial charge on any atom is -0.392 e. The van der Waals surface area contributed by atoms with Crippen LogP contribution in [0.2, 0.25) is 0 Å². The highest BCUT2D eigenvalue weighted by atomic mass is 16.7. The smallest absolute Gasteiger partial charge is 0.221 e. The lowest BCUT2D eigenvalue weighted by Crippen LogP contribution is -2.51. The molecule has 7 nitrogen and oxygen atoms in total. The van der Waals surface area contributed by atoms with Crippen molar-refractivity contribution in [2.45, 2.75) is 45.5 Å². The lowest BCUT2D eigenvalue weighted by atomic mass is 9.90. The van der Waals surface area contributed by atoms with Crippen molar-refractivity contribution in [3.63, 3.8) is 0 Å². The summed E-state index contributed by atoms with van der Waals surface area (Å²) in [6.07, 6.45) is -0.669. The molecule has 0 bridgehead atoms. The number of benzene rings is 3. The molecule has 3 aromatic carbocycles. The number of aliphatic hydroxyl groups is 1. The Bertz CT molecular complexity index is 1190. The van der Waals surface area contributed by atoms with Gasteiger partial charge in [0.05, 0.1) is 18.8 Å². The molecule has 0 aliphatic carbocycles. The largest absolute Gasteiger partial charge is 0.392 e. The molecule has 3 aromatic rings. The molecule has 2 aliphatic heterocycles. The lowest BCUT2D eigenvalue weighted by Gasteiger charge is -2.44. The number of rotatable bonds is 8. The summed E-state index contributed by atoms with van der Waals surface area (Å²) in [5.41, 5.74) is 4.99. The van der Waals surface area contributed by atoms with E-state index >= 15 is 0 Å². The Labute approximate surface area is 231 Å². The minimum absolute atomic E-state index is 0.0121. The van der Waals surface area contributed by atoms with Gasteiger partial charge in [0.2, 0.25) is 5.91 Å². The van der Waals surface area contributed by atoms with Crippen LogP contribution >= 0.6 is 0 Å². The number of nitrogens with one attached hydrogen (secondary N) is 1. The van der Waals surface area contributed by atoms with Gasteiger partial charge in [0.1, 0.15) is 0 Å². The molecule has 4 atom stereocenters. The molecular formula is C32H39N3O4. The first-order valence-electron chi connectivity index (χ1n) is 13.9. The minimum atomic E-state index is -0.514. The number of anilines is 1. The fourth-order valence-corrected chi connectivity index (χ4v) is 5.48. The average molecular weight is 530 g/mol. The number of carbonyl (C=O) groups is 1. The number of amides is 1. The Kier molecular flexibility index (Phi) is 9.06. The van der Waals surface area contributed by atoms with E-state index in [1.807, 2.05) is 48.5 Å². The van der Waals surface area contributed by atoms with Crippen molar-refractivity contribution in [2.75, 3.05) is 38.0 Å². The molecule has 206 valence electrons. The van der Waals surface area contributed by atoms with E-state index in [-0.39, 0.29) is 30.6 Å². The third-order valence-electron chi connectivity index (χ3n) is 7.78. The van der Waals surface area contributed by atoms with Gasteiger partial charge in [-0.1, -0.05) is 73.7 Å². The lowest BCUT2D eigenvalue weighted by molar-refractivity contribution is -0.276. The Morgan fingerprint density at radius 2 is 1.49 bits per heavy atom. The van der Waals surface area contributed by atoms with Crippen molar-refractivity contribution in [1.82, 2.24) is 9.80 Å². The normalized spacial score (nSPS) is 24.4. The Hall–Kier alpha value is -3.07. The summed E-state index contributed by atoms with van der Waals surface area (Å²) in [5, 5.41) is 12.3. The topological polar surface area (TPSA) is 74.3 Å². The molecule has 0 radical (unpaired) electrons. The zero-order chi connectivity index (χ0) is 27.2. The van der Waals surface area contributed by atoms with Crippen LogP contribution in [0.3, 0.4) is 0 Å². The highest BCUT2D eigenvalue weighted by Gasteiger charge is 2.39. The molecule has 1 amide bonds. The monoisotopic (exact) mass is 529 g/mol. The van der Waals surface area contributed by atoms with Crippen LogP contribution in [0.4, 0.5) is 5.69 Å². The van der Waals surface area contributed by atoms with E-state index in [2.05, 4.69) is 52.4 Å². The Morgan fingerprint density at radius 3 is 2.13 bits per heavy atom. The maximum atomic E-state index is 11.4. The van der Waals surface area contributed by atoms with Gasteiger partial charge in [0.25, 0.3) is 0 Å². The second kappa shape index (κ2) is 12.9. The molecule has 4 unspecified atom stereocenters. The number of aliphatic hydroxyl groups excluding tert-OH is 1. The number of piperazine rings is 1. The Balaban J connectivity index is 1.28. The predicted octanol–water partition coefficient (Wildman–Crippen LogP) is 4.75. The van der Waals surface area contributed by atoms with Crippen molar-refractivity contribution < 1.29 is 19.4 Å². The van der Waals surface area contributed by atoms with Crippen molar-refractivity contribution >= 4 is 11.6 Å². The van der Waals surface area contributed by atoms with E-state index in [9.17, 15) is 9.90 Å². The zero-order valence-corrected chi connectivity index (χ0v) is 22.8. The van der Waals surface area contributed by atoms with E-state index in [1.165, 1.54) is 12.5 Å². The van der Waals surface area contributed by atoms with E-state index in [0.717, 1.165) is 61.6 Å². The molecule has 2 saturated heterocycles. The molecule has 39 heavy (non-hydrogen) atoms. The van der Waals surface area contributed by atoms with Gasteiger partial charge >= 0.3 is 0 Å². The fraction of sp³-hybridized carbons (Fsp3) is 0.406. The summed E-state index contributed by atoms with van der Waals surface area (Å²) in [5.74, 6) is 0.0410. The third-order valence-corrected chi connectivity index (χ3v) is 7.78. The summed E-state index contributed by atoms with van der Waals surface area (Å²) in [7, 11) is 0. The molecule has 2 aliphatic rings. The molecule has 5 rings (SSSR count). The van der Waals surface area contributed by atoms with Gasteiger partial charge in [0.15, 0.2) is 6.29 Å². The number of nitrogens with zero attached hydrogens (tertiary/aromatic N) is 2. The van der Waals surface area contributed by atoms with Crippen LogP contribution in [-0.4, -0.2) is 59.6 Å². The molecule has 0 aromatic heterocycles. The highest BCUT2D eigenvalue weighted by Crippen LogP contribution is 2.42. The third kappa shape index (κ3) is 7.12. The van der Waals surface area contributed by atoms with Crippen molar-refractivity contribution in [1.29, 1.82) is 0 Å². The first-order chi connectivity index (χ1) is 19.0. The van der Waals surface area contributed by atoms with Gasteiger partial charge in [-0.25, -0.2) is 0 Å². The van der Waals surface area contributed by atoms with Crippen molar-refractivity contribution in [2.24, 2.45) is 5.92 Å². The van der Waals surface area contributed by atoms with Gasteiger partial charge < -0.3 is 19.9 Å². The summed E-state index contributed by atoms with van der Waals surface area (Å²) >= 11 is 0. The second-order valence-corrected chi connectivity index (χ2v) is 10.7. The predicted molar refractivity (Wildman–Crippen MR) is 152 cm³/mol. The van der Waals surface area contributed by atoms with Crippen molar-refractivity contribution in [3.8, 4) is 0 Å². The van der Waals surface area contributed by atoms with Crippen LogP contribution in [0, 0.1) is 5.92 Å². The highest BCUT2D eigenvalue weighted by molar-refractivity contribution is 5.88. The van der Waals surface area contributed by atoms with E-state index in [1.54, 1.807) is 0 Å². The maximum absolute atomic E-state index is 11.4. The van der Waals surface area contributed by atoms with Crippen LogP contribution < -0.4 is 5.32 Å². The van der Waals surface area contributed by atoms with Crippen LogP contribution in [0.25, 0.3) is 0 Å². The number of hydrogen-bond donors (Lipinski definition) is 2. The van der Waals surface area contributed by atoms with E-state index < -0.39 is 6.29 Å². The molecule has 2 fully saturated rings. The number of carbonyl (C=O) groups excluding carboxylic acids is 1. The first-order valence-corrected chi connectivity index (χ1v) is 13.9. The molecule has 0 spiro atoms. The summed E-state index contributed by atoms with van der Waals surface area (Å²) in [4.78, 5) is 16.5. The molecule has 7 heteroatoms. The first kappa shape index (κ1) is 27.5. The SMILES string of the molecule is CC(=O)Nc1ccc(C2OC(CN3CCN(Cc4ccccc4)CC3)C(C)C(c3ccc(CO)cc3)O2)cc1. The maximum Gasteiger partial charge on any atom is 0.221 e. The Morgan fingerprint density at radius 1 is 0.846 bits per heavy atom. The van der Waals surface area contributed by atoms with Crippen molar-refractivity contribution in [3.05, 3.63) is 101 Å². The molecule has 0 saturated carbocycles. The van der Waals surface area contributed by atoms with Gasteiger partial charge in [-0.3, -0.25) is 14.6 Å². The van der Waals surface area contributed by atoms with Crippen LogP contribution in [0.1, 0.15) is 48.5 Å². The molecule has 2 heterocycles. The van der Waals surface area contributed by atoms with E-state index in [0.29, 0.717) is 0 Å². The molecule has 2 N–H and O–H groups in total. The average Bonchev–Trinajstić information content (AvgIpc) is 2.96. The summed E-state index contributed by atoms with van der Waals surface area (Å²) < 4.78 is 13.2. The van der Waals surface area contributed by atoms with Gasteiger partial charge in [-0.2, -0.15) is 0 Å². The zero-order valence-electron chi connectivity index (χ0n) is 22.8. The summed E-state index contributed by atoms with van der Waals surface area (Å²) in [6.45, 7) is 9.64. The van der Waals surface area contributed by atoms with Crippen LogP contribution in [0.15, 0.2) is 78.9 Å². The van der Waals surface area contributed by atoms with Gasteiger partial charge in [0, 0.05) is 63.4 Å².